The normalized spacial score (nSPS) is 27.8. The molecule has 0 radical (unpaired) electrons. The summed E-state index contributed by atoms with van der Waals surface area (Å²) in [6.07, 6.45) is 10.4. The van der Waals surface area contributed by atoms with Crippen LogP contribution in [0.15, 0.2) is 29.4 Å². The highest BCUT2D eigenvalue weighted by Crippen LogP contribution is 2.33. The fourth-order valence-electron chi connectivity index (χ4n) is 4.28. The number of amides is 1. The maximum absolute atomic E-state index is 12.7. The Labute approximate surface area is 149 Å². The van der Waals surface area contributed by atoms with Gasteiger partial charge >= 0.3 is 0 Å². The average molecular weight is 346 g/mol. The smallest absolute Gasteiger partial charge is 0.232 e. The highest BCUT2D eigenvalue weighted by Gasteiger charge is 2.37. The van der Waals surface area contributed by atoms with Crippen LogP contribution in [0.3, 0.4) is 0 Å². The Kier molecular flexibility index (Phi) is 5.09. The van der Waals surface area contributed by atoms with Crippen LogP contribution >= 0.6 is 11.8 Å². The Morgan fingerprint density at radius 2 is 1.96 bits per heavy atom. The molecular weight excluding hydrogens is 318 g/mol. The minimum Gasteiger partial charge on any atom is -0.340 e. The summed E-state index contributed by atoms with van der Waals surface area (Å²) in [7, 11) is 0. The third-order valence-corrected chi connectivity index (χ3v) is 6.91. The quantitative estimate of drug-likeness (QED) is 0.769. The zero-order valence-electron chi connectivity index (χ0n) is 14.3. The van der Waals surface area contributed by atoms with Gasteiger partial charge in [0.1, 0.15) is 0 Å². The van der Waals surface area contributed by atoms with E-state index in [4.69, 9.17) is 0 Å². The Bertz CT molecular complexity index is 563. The monoisotopic (exact) mass is 345 g/mol. The number of piperidine rings is 1. The summed E-state index contributed by atoms with van der Waals surface area (Å²) in [6, 6.07) is 4.55. The molecule has 3 saturated heterocycles. The summed E-state index contributed by atoms with van der Waals surface area (Å²) < 4.78 is 0. The molecule has 0 unspecified atom stereocenters. The Balaban J connectivity index is 1.33. The average Bonchev–Trinajstić information content (AvgIpc) is 2.89. The van der Waals surface area contributed by atoms with E-state index < -0.39 is 0 Å². The summed E-state index contributed by atoms with van der Waals surface area (Å²) in [5.74, 6) is 2.46. The van der Waals surface area contributed by atoms with Crippen molar-refractivity contribution in [3.8, 4) is 0 Å². The molecule has 2 atom stereocenters. The lowest BCUT2D eigenvalue weighted by molar-refractivity contribution is -0.128. The Morgan fingerprint density at radius 3 is 2.71 bits per heavy atom. The molecule has 24 heavy (non-hydrogen) atoms. The van der Waals surface area contributed by atoms with Crippen LogP contribution in [0.5, 0.6) is 0 Å². The zero-order chi connectivity index (χ0) is 16.4. The fraction of sp³-hybridized carbons (Fsp3) is 0.684. The van der Waals surface area contributed by atoms with Crippen molar-refractivity contribution in [3.05, 3.63) is 24.5 Å². The predicted molar refractivity (Wildman–Crippen MR) is 97.0 cm³/mol. The summed E-state index contributed by atoms with van der Waals surface area (Å²) in [5, 5.41) is 0. The van der Waals surface area contributed by atoms with Crippen molar-refractivity contribution in [1.82, 2.24) is 14.8 Å². The molecule has 0 aromatic carbocycles. The largest absolute Gasteiger partial charge is 0.340 e. The predicted octanol–water partition coefficient (Wildman–Crippen LogP) is 2.90. The molecule has 1 aromatic heterocycles. The first kappa shape index (κ1) is 16.4. The van der Waals surface area contributed by atoms with Gasteiger partial charge in [-0.1, -0.05) is 6.42 Å². The Hall–Kier alpha value is -1.07. The van der Waals surface area contributed by atoms with Gasteiger partial charge in [-0.2, -0.15) is 0 Å². The van der Waals surface area contributed by atoms with Gasteiger partial charge < -0.3 is 4.90 Å². The van der Waals surface area contributed by atoms with E-state index in [1.165, 1.54) is 45.2 Å². The highest BCUT2D eigenvalue weighted by molar-refractivity contribution is 8.00. The minimum atomic E-state index is 0.305. The van der Waals surface area contributed by atoms with Gasteiger partial charge in [0.25, 0.3) is 0 Å². The molecule has 0 spiro atoms. The lowest BCUT2D eigenvalue weighted by Gasteiger charge is -2.40. The number of aromatic nitrogens is 1. The first-order chi connectivity index (χ1) is 11.8. The first-order valence-electron chi connectivity index (χ1n) is 9.32. The molecule has 4 fully saturated rings. The molecule has 2 bridgehead atoms. The summed E-state index contributed by atoms with van der Waals surface area (Å²) in [4.78, 5) is 22.7. The molecule has 4 nitrogen and oxygen atoms in total. The maximum Gasteiger partial charge on any atom is 0.232 e. The number of nitrogens with zero attached hydrogens (tertiary/aromatic N) is 3. The van der Waals surface area contributed by atoms with Crippen LogP contribution in [0.2, 0.25) is 0 Å². The molecule has 130 valence electrons. The van der Waals surface area contributed by atoms with E-state index in [1.807, 2.05) is 12.1 Å². The van der Waals surface area contributed by atoms with Gasteiger partial charge in [0.15, 0.2) is 0 Å². The van der Waals surface area contributed by atoms with Crippen LogP contribution in [-0.4, -0.2) is 58.7 Å². The lowest BCUT2D eigenvalue weighted by Crippen LogP contribution is -2.47. The molecule has 4 aliphatic rings. The molecule has 1 amide bonds. The van der Waals surface area contributed by atoms with E-state index in [2.05, 4.69) is 14.8 Å². The molecule has 0 N–H and O–H groups in total. The lowest BCUT2D eigenvalue weighted by atomic mass is 9.83. The van der Waals surface area contributed by atoms with Gasteiger partial charge in [-0.05, 0) is 49.7 Å². The second kappa shape index (κ2) is 7.44. The molecule has 5 rings (SSSR count). The van der Waals surface area contributed by atoms with Crippen molar-refractivity contribution in [3.63, 3.8) is 0 Å². The van der Waals surface area contributed by atoms with Crippen molar-refractivity contribution in [2.24, 2.45) is 11.8 Å². The van der Waals surface area contributed by atoms with E-state index in [0.29, 0.717) is 23.6 Å². The van der Waals surface area contributed by atoms with Gasteiger partial charge in [-0.15, -0.1) is 11.8 Å². The molecular formula is C19H27N3OS. The number of rotatable bonds is 5. The third kappa shape index (κ3) is 3.77. The van der Waals surface area contributed by atoms with Gasteiger partial charge in [0, 0.05) is 49.5 Å². The van der Waals surface area contributed by atoms with Gasteiger partial charge in [0.2, 0.25) is 5.91 Å². The van der Waals surface area contributed by atoms with E-state index in [9.17, 15) is 4.79 Å². The maximum atomic E-state index is 12.7. The van der Waals surface area contributed by atoms with Crippen LogP contribution in [0, 0.1) is 11.8 Å². The van der Waals surface area contributed by atoms with Crippen molar-refractivity contribution in [2.45, 2.75) is 43.0 Å². The second-order valence-electron chi connectivity index (χ2n) is 7.62. The van der Waals surface area contributed by atoms with Gasteiger partial charge in [-0.3, -0.25) is 14.7 Å². The minimum absolute atomic E-state index is 0.305. The molecule has 4 heterocycles. The SMILES string of the molecule is O=C(CSc1ccncc1)N1C[C@H]2CC[C@@H](C1)N(CC1CCC1)C2. The second-order valence-corrected chi connectivity index (χ2v) is 8.67. The Morgan fingerprint density at radius 1 is 1.12 bits per heavy atom. The number of fused-ring (bicyclic) bond motifs is 4. The van der Waals surface area contributed by atoms with E-state index in [1.54, 1.807) is 24.2 Å². The first-order valence-corrected chi connectivity index (χ1v) is 10.3. The number of thioether (sulfide) groups is 1. The number of hydrogen-bond acceptors (Lipinski definition) is 4. The number of carbonyl (C=O) groups excluding carboxylic acids is 1. The number of hydrogen-bond donors (Lipinski definition) is 0. The van der Waals surface area contributed by atoms with Crippen LogP contribution in [0.1, 0.15) is 32.1 Å². The topological polar surface area (TPSA) is 36.4 Å². The van der Waals surface area contributed by atoms with Crippen molar-refractivity contribution in [2.75, 3.05) is 31.9 Å². The summed E-state index contributed by atoms with van der Waals surface area (Å²) in [6.45, 7) is 4.39. The van der Waals surface area contributed by atoms with E-state index in [0.717, 1.165) is 23.9 Å². The van der Waals surface area contributed by atoms with Crippen LogP contribution in [0.25, 0.3) is 0 Å². The summed E-state index contributed by atoms with van der Waals surface area (Å²) >= 11 is 1.63. The van der Waals surface area contributed by atoms with Gasteiger partial charge in [0.05, 0.1) is 5.75 Å². The molecule has 1 aliphatic carbocycles. The number of carbonyl (C=O) groups is 1. The molecule has 1 aromatic rings. The van der Waals surface area contributed by atoms with E-state index >= 15 is 0 Å². The van der Waals surface area contributed by atoms with Crippen molar-refractivity contribution >= 4 is 17.7 Å². The van der Waals surface area contributed by atoms with Crippen LogP contribution in [-0.2, 0) is 4.79 Å². The van der Waals surface area contributed by atoms with Crippen molar-refractivity contribution < 1.29 is 4.79 Å². The molecule has 3 aliphatic heterocycles. The standard InChI is InChI=1S/C19H27N3OS/c23-19(14-24-18-6-8-20-9-7-18)22-12-16-4-5-17(13-22)21(11-16)10-15-2-1-3-15/h6-9,15-17H,1-5,10-14H2/t16-,17-/m0/s1. The van der Waals surface area contributed by atoms with Gasteiger partial charge in [-0.25, -0.2) is 0 Å². The molecule has 5 heteroatoms. The van der Waals surface area contributed by atoms with Crippen molar-refractivity contribution in [1.29, 1.82) is 0 Å². The third-order valence-electron chi connectivity index (χ3n) is 5.91. The highest BCUT2D eigenvalue weighted by atomic mass is 32.2. The van der Waals surface area contributed by atoms with Crippen LogP contribution in [0.4, 0.5) is 0 Å². The number of pyridine rings is 1. The fourth-order valence-corrected chi connectivity index (χ4v) is 5.07. The molecule has 1 saturated carbocycles. The zero-order valence-corrected chi connectivity index (χ0v) is 15.1. The summed E-state index contributed by atoms with van der Waals surface area (Å²) in [5.41, 5.74) is 0. The van der Waals surface area contributed by atoms with E-state index in [-0.39, 0.29) is 0 Å². The van der Waals surface area contributed by atoms with Crippen LogP contribution < -0.4 is 0 Å².